The van der Waals surface area contributed by atoms with Gasteiger partial charge in [0.15, 0.2) is 5.25 Å². The zero-order valence-corrected chi connectivity index (χ0v) is 16.0. The molecule has 0 spiro atoms. The van der Waals surface area contributed by atoms with Crippen LogP contribution < -0.4 is 40.8 Å². The van der Waals surface area contributed by atoms with Gasteiger partial charge in [-0.05, 0) is 13.3 Å². The third-order valence-corrected chi connectivity index (χ3v) is 3.54. The number of hydroxylamine groups is 1. The van der Waals surface area contributed by atoms with Crippen molar-refractivity contribution in [3.8, 4) is 0 Å². The van der Waals surface area contributed by atoms with Gasteiger partial charge < -0.3 is 16.6 Å². The number of hydrogen-bond acceptors (Lipinski definition) is 9. The Hall–Kier alpha value is -0.230. The number of carbonyl (C=O) groups is 2. The molecule has 0 aromatic heterocycles. The van der Waals surface area contributed by atoms with Gasteiger partial charge in [-0.15, -0.1) is 0 Å². The predicted molar refractivity (Wildman–Crippen MR) is 74.5 cm³/mol. The molecule has 1 atom stereocenters. The number of ether oxygens (including phenoxy) is 2. The van der Waals surface area contributed by atoms with Crippen LogP contribution in [-0.4, -0.2) is 51.9 Å². The van der Waals surface area contributed by atoms with Crippen LogP contribution in [0.15, 0.2) is 0 Å². The van der Waals surface area contributed by atoms with Gasteiger partial charge in [-0.1, -0.05) is 6.92 Å². The fraction of sp³-hybridized carbons (Fsp3) is 0.818. The van der Waals surface area contributed by atoms with Gasteiger partial charge in [0, 0.05) is 13.1 Å². The van der Waals surface area contributed by atoms with Crippen LogP contribution in [0.25, 0.3) is 0 Å². The van der Waals surface area contributed by atoms with Gasteiger partial charge in [0.1, 0.15) is 0 Å². The molecule has 0 saturated carbocycles. The Kier molecular flexibility index (Phi) is 14.5. The smallest absolute Gasteiger partial charge is 1.00 e. The molecule has 0 aliphatic rings. The molecule has 0 bridgehead atoms. The number of nitrogens with one attached hydrogen (secondary N) is 1. The number of nitrogens with two attached hydrogens (primary N) is 1. The largest absolute Gasteiger partial charge is 1.00 e. The summed E-state index contributed by atoms with van der Waals surface area (Å²) in [6, 6.07) is 0. The molecule has 0 saturated heterocycles. The quantitative estimate of drug-likeness (QED) is 0.166. The van der Waals surface area contributed by atoms with E-state index in [9.17, 15) is 18.0 Å². The minimum atomic E-state index is -4.38. The molecule has 0 amide bonds. The molecular formula is C11H23N2NaO7S. The molecule has 11 heteroatoms. The molecule has 0 aliphatic heterocycles. The van der Waals surface area contributed by atoms with Crippen LogP contribution in [0.3, 0.4) is 0 Å². The average molecular weight is 350 g/mol. The molecule has 22 heavy (non-hydrogen) atoms. The van der Waals surface area contributed by atoms with Crippen molar-refractivity contribution in [3.05, 3.63) is 0 Å². The second-order valence-electron chi connectivity index (χ2n) is 3.92. The van der Waals surface area contributed by atoms with Gasteiger partial charge in [0.2, 0.25) is 0 Å². The van der Waals surface area contributed by atoms with Crippen molar-refractivity contribution in [2.75, 3.05) is 26.3 Å². The first kappa shape index (κ1) is 24.0. The summed E-state index contributed by atoms with van der Waals surface area (Å²) >= 11 is 0. The van der Waals surface area contributed by atoms with Crippen LogP contribution in [0.1, 0.15) is 28.1 Å². The third-order valence-electron chi connectivity index (χ3n) is 2.14. The van der Waals surface area contributed by atoms with Crippen molar-refractivity contribution in [3.63, 3.8) is 0 Å². The average Bonchev–Trinajstić information content (AvgIpc) is 2.42. The number of hydrogen-bond donors (Lipinski definition) is 2. The van der Waals surface area contributed by atoms with Crippen LogP contribution in [0.2, 0.25) is 0 Å². The Morgan fingerprint density at radius 3 is 2.41 bits per heavy atom. The molecule has 0 radical (unpaired) electrons. The van der Waals surface area contributed by atoms with Gasteiger partial charge in [0.05, 0.1) is 19.6 Å². The first-order chi connectivity index (χ1) is 9.88. The monoisotopic (exact) mass is 350 g/mol. The molecule has 0 aromatic rings. The zero-order valence-electron chi connectivity index (χ0n) is 14.2. The Bertz CT molecular complexity index is 436. The van der Waals surface area contributed by atoms with Gasteiger partial charge >= 0.3 is 41.5 Å². The maximum atomic E-state index is 11.9. The maximum Gasteiger partial charge on any atom is 1.00 e. The van der Waals surface area contributed by atoms with E-state index >= 15 is 0 Å². The molecule has 3 N–H and O–H groups in total. The summed E-state index contributed by atoms with van der Waals surface area (Å²) in [5.74, 6) is -1.89. The van der Waals surface area contributed by atoms with Crippen molar-refractivity contribution < 1.29 is 62.7 Å². The summed E-state index contributed by atoms with van der Waals surface area (Å²) in [6.07, 6.45) is -0.160. The molecule has 126 valence electrons. The molecule has 0 fully saturated rings. The van der Waals surface area contributed by atoms with Crippen LogP contribution in [0.4, 0.5) is 0 Å². The standard InChI is InChI=1S/C11H22N2O7S.Na.H/c1-3-7-19-11(15)9(8-10(14)18-4-2)21(16,17)20-13-6-5-12;;/h9,13H,3-8,12H2,1-2H3;;/q;+1;-1. The summed E-state index contributed by atoms with van der Waals surface area (Å²) in [5.41, 5.74) is 7.28. The van der Waals surface area contributed by atoms with E-state index in [4.69, 9.17) is 10.5 Å². The molecule has 0 aliphatic carbocycles. The van der Waals surface area contributed by atoms with Gasteiger partial charge in [-0.3, -0.25) is 9.59 Å². The van der Waals surface area contributed by atoms with Crippen molar-refractivity contribution in [1.82, 2.24) is 5.48 Å². The van der Waals surface area contributed by atoms with E-state index in [1.54, 1.807) is 13.8 Å². The molecule has 0 aromatic carbocycles. The fourth-order valence-corrected chi connectivity index (χ4v) is 2.22. The summed E-state index contributed by atoms with van der Waals surface area (Å²) in [5, 5.41) is -1.78. The minimum Gasteiger partial charge on any atom is -1.00 e. The van der Waals surface area contributed by atoms with Crippen LogP contribution in [0.5, 0.6) is 0 Å². The van der Waals surface area contributed by atoms with E-state index in [0.29, 0.717) is 6.42 Å². The van der Waals surface area contributed by atoms with Gasteiger partial charge in [-0.25, -0.2) is 0 Å². The Morgan fingerprint density at radius 1 is 1.27 bits per heavy atom. The Balaban J connectivity index is -0.00000200. The number of esters is 2. The summed E-state index contributed by atoms with van der Waals surface area (Å²) in [6.45, 7) is 3.64. The SMILES string of the molecule is CCCOC(=O)C(CC(=O)OCC)S(=O)(=O)ONCCN.[H-].[Na+]. The summed E-state index contributed by atoms with van der Waals surface area (Å²) < 4.78 is 37.7. The van der Waals surface area contributed by atoms with Crippen LogP contribution in [-0.2, 0) is 33.5 Å². The molecule has 9 nitrogen and oxygen atoms in total. The van der Waals surface area contributed by atoms with E-state index in [0.717, 1.165) is 0 Å². The Morgan fingerprint density at radius 2 is 1.91 bits per heavy atom. The predicted octanol–water partition coefficient (Wildman–Crippen LogP) is -3.81. The maximum absolute atomic E-state index is 11.9. The topological polar surface area (TPSA) is 134 Å². The van der Waals surface area contributed by atoms with Crippen molar-refractivity contribution in [1.29, 1.82) is 0 Å². The molecule has 1 unspecified atom stereocenters. The molecule has 0 heterocycles. The van der Waals surface area contributed by atoms with Crippen molar-refractivity contribution in [2.45, 2.75) is 31.9 Å². The molecule has 0 rings (SSSR count). The molecular weight excluding hydrogens is 327 g/mol. The van der Waals surface area contributed by atoms with Crippen LogP contribution >= 0.6 is 0 Å². The van der Waals surface area contributed by atoms with Crippen molar-refractivity contribution in [2.24, 2.45) is 5.73 Å². The second kappa shape index (κ2) is 13.2. The first-order valence-corrected chi connectivity index (χ1v) is 8.03. The van der Waals surface area contributed by atoms with Crippen LogP contribution in [0, 0.1) is 0 Å². The summed E-state index contributed by atoms with van der Waals surface area (Å²) in [4.78, 5) is 23.2. The number of rotatable bonds is 11. The summed E-state index contributed by atoms with van der Waals surface area (Å²) in [7, 11) is -4.38. The first-order valence-electron chi connectivity index (χ1n) is 6.56. The fourth-order valence-electron chi connectivity index (χ4n) is 1.21. The van der Waals surface area contributed by atoms with Gasteiger partial charge in [-0.2, -0.15) is 18.2 Å². The van der Waals surface area contributed by atoms with Crippen molar-refractivity contribution >= 4 is 22.1 Å². The van der Waals surface area contributed by atoms with E-state index in [1.807, 2.05) is 0 Å². The normalized spacial score (nSPS) is 12.1. The second-order valence-corrected chi connectivity index (χ2v) is 5.65. The number of carbonyl (C=O) groups excluding carboxylic acids is 2. The zero-order chi connectivity index (χ0) is 16.3. The van der Waals surface area contributed by atoms with E-state index in [1.165, 1.54) is 0 Å². The van der Waals surface area contributed by atoms with E-state index < -0.39 is 33.7 Å². The minimum absolute atomic E-state index is 0. The Labute approximate surface area is 154 Å². The van der Waals surface area contributed by atoms with Gasteiger partial charge in [0.25, 0.3) is 10.1 Å². The van der Waals surface area contributed by atoms with E-state index in [2.05, 4.69) is 14.5 Å². The third kappa shape index (κ3) is 9.72. The van der Waals surface area contributed by atoms with E-state index in [-0.39, 0.29) is 57.3 Å².